The first-order chi connectivity index (χ1) is 14.5. The molecule has 0 radical (unpaired) electrons. The van der Waals surface area contributed by atoms with Gasteiger partial charge in [-0.1, -0.05) is 35.9 Å². The number of benzene rings is 3. The molecule has 0 aliphatic carbocycles. The van der Waals surface area contributed by atoms with Crippen LogP contribution in [-0.2, 0) is 9.59 Å². The fraction of sp³-hybridized carbons (Fsp3) is 0. The topological polar surface area (TPSA) is 96.9 Å². The van der Waals surface area contributed by atoms with E-state index in [4.69, 9.17) is 16.3 Å². The Morgan fingerprint density at radius 3 is 2.30 bits per heavy atom. The molecule has 0 aliphatic heterocycles. The van der Waals surface area contributed by atoms with Crippen molar-refractivity contribution in [2.75, 3.05) is 5.32 Å². The first-order valence-electron chi connectivity index (χ1n) is 8.78. The van der Waals surface area contributed by atoms with E-state index in [9.17, 15) is 14.4 Å². The summed E-state index contributed by atoms with van der Waals surface area (Å²) in [4.78, 5) is 35.7. The second kappa shape index (κ2) is 9.99. The SMILES string of the molecule is O=C(NN=Cc1ccc(OC(=O)c2cccc(Cl)c2)cc1)C(=O)Nc1ccccc1. The molecule has 0 aromatic heterocycles. The van der Waals surface area contributed by atoms with Crippen LogP contribution in [0.4, 0.5) is 5.69 Å². The van der Waals surface area contributed by atoms with E-state index in [0.717, 1.165) is 0 Å². The smallest absolute Gasteiger partial charge is 0.343 e. The van der Waals surface area contributed by atoms with Gasteiger partial charge in [0.25, 0.3) is 0 Å². The van der Waals surface area contributed by atoms with Gasteiger partial charge in [-0.25, -0.2) is 10.2 Å². The first-order valence-corrected chi connectivity index (χ1v) is 9.16. The van der Waals surface area contributed by atoms with Gasteiger partial charge in [-0.2, -0.15) is 5.10 Å². The maximum absolute atomic E-state index is 12.1. The zero-order valence-corrected chi connectivity index (χ0v) is 16.3. The van der Waals surface area contributed by atoms with Gasteiger partial charge in [0.2, 0.25) is 0 Å². The predicted octanol–water partition coefficient (Wildman–Crippen LogP) is 3.65. The number of amides is 2. The van der Waals surface area contributed by atoms with Crippen molar-refractivity contribution in [1.29, 1.82) is 0 Å². The first kappa shape index (κ1) is 20.8. The largest absolute Gasteiger partial charge is 0.423 e. The highest BCUT2D eigenvalue weighted by atomic mass is 35.5. The van der Waals surface area contributed by atoms with Crippen LogP contribution in [0.15, 0.2) is 84.0 Å². The number of para-hydroxylation sites is 1. The van der Waals surface area contributed by atoms with Crippen LogP contribution in [0.25, 0.3) is 0 Å². The molecule has 0 saturated carbocycles. The summed E-state index contributed by atoms with van der Waals surface area (Å²) in [6.07, 6.45) is 1.36. The van der Waals surface area contributed by atoms with Crippen molar-refractivity contribution >= 4 is 41.3 Å². The van der Waals surface area contributed by atoms with Crippen LogP contribution < -0.4 is 15.5 Å². The molecule has 0 atom stereocenters. The Kier molecular flexibility index (Phi) is 6.91. The molecule has 0 bridgehead atoms. The molecule has 30 heavy (non-hydrogen) atoms. The average Bonchev–Trinajstić information content (AvgIpc) is 2.75. The van der Waals surface area contributed by atoms with Crippen LogP contribution in [-0.4, -0.2) is 24.0 Å². The van der Waals surface area contributed by atoms with Crippen molar-refractivity contribution in [2.24, 2.45) is 5.10 Å². The number of halogens is 1. The van der Waals surface area contributed by atoms with Gasteiger partial charge >= 0.3 is 17.8 Å². The minimum Gasteiger partial charge on any atom is -0.423 e. The molecule has 3 aromatic carbocycles. The van der Waals surface area contributed by atoms with Crippen molar-refractivity contribution in [2.45, 2.75) is 0 Å². The number of hydrazone groups is 1. The number of ether oxygens (including phenoxy) is 1. The molecule has 3 rings (SSSR count). The number of carbonyl (C=O) groups is 3. The van der Waals surface area contributed by atoms with Gasteiger partial charge in [-0.15, -0.1) is 0 Å². The molecular weight excluding hydrogens is 406 g/mol. The van der Waals surface area contributed by atoms with Gasteiger partial charge in [-0.05, 0) is 60.2 Å². The highest BCUT2D eigenvalue weighted by Gasteiger charge is 2.12. The highest BCUT2D eigenvalue weighted by molar-refractivity contribution is 6.39. The van der Waals surface area contributed by atoms with Crippen molar-refractivity contribution < 1.29 is 19.1 Å². The number of anilines is 1. The van der Waals surface area contributed by atoms with Crippen LogP contribution in [0.5, 0.6) is 5.75 Å². The minimum atomic E-state index is -0.901. The van der Waals surface area contributed by atoms with Crippen LogP contribution in [0.3, 0.4) is 0 Å². The fourth-order valence-corrected chi connectivity index (χ4v) is 2.52. The lowest BCUT2D eigenvalue weighted by Gasteiger charge is -2.05. The van der Waals surface area contributed by atoms with Crippen LogP contribution in [0.2, 0.25) is 5.02 Å². The molecule has 2 N–H and O–H groups in total. The second-order valence-electron chi connectivity index (χ2n) is 5.99. The second-order valence-corrected chi connectivity index (χ2v) is 6.42. The van der Waals surface area contributed by atoms with Gasteiger partial charge < -0.3 is 10.1 Å². The maximum atomic E-state index is 12.1. The number of hydrogen-bond donors (Lipinski definition) is 2. The van der Waals surface area contributed by atoms with Gasteiger partial charge in [0, 0.05) is 10.7 Å². The quantitative estimate of drug-likeness (QED) is 0.216. The summed E-state index contributed by atoms with van der Waals surface area (Å²) in [7, 11) is 0. The molecule has 3 aromatic rings. The summed E-state index contributed by atoms with van der Waals surface area (Å²) in [5.74, 6) is -1.93. The maximum Gasteiger partial charge on any atom is 0.343 e. The van der Waals surface area contributed by atoms with E-state index in [2.05, 4.69) is 15.8 Å². The third kappa shape index (κ3) is 6.02. The standard InChI is InChI=1S/C22H16ClN3O4/c23-17-6-4-5-16(13-17)22(29)30-19-11-9-15(10-12-19)14-24-26-21(28)20(27)25-18-7-2-1-3-8-18/h1-14H,(H,25,27)(H,26,28). The summed E-state index contributed by atoms with van der Waals surface area (Å²) in [6, 6.07) is 21.5. The number of nitrogens with zero attached hydrogens (tertiary/aromatic N) is 1. The van der Waals surface area contributed by atoms with E-state index in [0.29, 0.717) is 27.6 Å². The lowest BCUT2D eigenvalue weighted by atomic mass is 10.2. The van der Waals surface area contributed by atoms with Crippen LogP contribution in [0.1, 0.15) is 15.9 Å². The zero-order chi connectivity index (χ0) is 21.3. The minimum absolute atomic E-state index is 0.336. The van der Waals surface area contributed by atoms with E-state index >= 15 is 0 Å². The van der Waals surface area contributed by atoms with E-state index in [1.165, 1.54) is 12.3 Å². The third-order valence-electron chi connectivity index (χ3n) is 3.77. The molecule has 0 aliphatic rings. The summed E-state index contributed by atoms with van der Waals surface area (Å²) in [5, 5.41) is 6.64. The van der Waals surface area contributed by atoms with E-state index in [1.807, 2.05) is 0 Å². The Hall–Kier alpha value is -3.97. The lowest BCUT2D eigenvalue weighted by molar-refractivity contribution is -0.136. The lowest BCUT2D eigenvalue weighted by Crippen LogP contribution is -2.32. The van der Waals surface area contributed by atoms with Crippen molar-refractivity contribution in [3.63, 3.8) is 0 Å². The Morgan fingerprint density at radius 1 is 0.867 bits per heavy atom. The number of esters is 1. The Bertz CT molecular complexity index is 1080. The van der Waals surface area contributed by atoms with Gasteiger partial charge in [-0.3, -0.25) is 9.59 Å². The molecule has 2 amide bonds. The van der Waals surface area contributed by atoms with E-state index < -0.39 is 17.8 Å². The Balaban J connectivity index is 1.51. The molecule has 8 heteroatoms. The summed E-state index contributed by atoms with van der Waals surface area (Å²) in [6.45, 7) is 0. The Morgan fingerprint density at radius 2 is 1.60 bits per heavy atom. The third-order valence-corrected chi connectivity index (χ3v) is 4.00. The fourth-order valence-electron chi connectivity index (χ4n) is 2.33. The molecule has 0 spiro atoms. The Labute approximate surface area is 177 Å². The molecule has 0 heterocycles. The molecule has 150 valence electrons. The van der Waals surface area contributed by atoms with Gasteiger partial charge in [0.15, 0.2) is 0 Å². The zero-order valence-electron chi connectivity index (χ0n) is 15.5. The normalized spacial score (nSPS) is 10.4. The van der Waals surface area contributed by atoms with Crippen molar-refractivity contribution in [3.05, 3.63) is 95.0 Å². The molecular formula is C22H16ClN3O4. The summed E-state index contributed by atoms with van der Waals surface area (Å²) in [5.41, 5.74) is 3.61. The van der Waals surface area contributed by atoms with Crippen molar-refractivity contribution in [3.8, 4) is 5.75 Å². The monoisotopic (exact) mass is 421 g/mol. The predicted molar refractivity (Wildman–Crippen MR) is 114 cm³/mol. The van der Waals surface area contributed by atoms with Crippen LogP contribution >= 0.6 is 11.6 Å². The number of nitrogens with one attached hydrogen (secondary N) is 2. The van der Waals surface area contributed by atoms with E-state index in [-0.39, 0.29) is 0 Å². The average molecular weight is 422 g/mol. The molecule has 0 fully saturated rings. The van der Waals surface area contributed by atoms with Gasteiger partial charge in [0.05, 0.1) is 11.8 Å². The molecule has 0 unspecified atom stereocenters. The number of carbonyl (C=O) groups excluding carboxylic acids is 3. The molecule has 0 saturated heterocycles. The summed E-state index contributed by atoms with van der Waals surface area (Å²) < 4.78 is 5.28. The number of hydrogen-bond acceptors (Lipinski definition) is 5. The number of rotatable bonds is 5. The van der Waals surface area contributed by atoms with Gasteiger partial charge in [0.1, 0.15) is 5.75 Å². The van der Waals surface area contributed by atoms with Crippen molar-refractivity contribution in [1.82, 2.24) is 5.43 Å². The summed E-state index contributed by atoms with van der Waals surface area (Å²) >= 11 is 5.87. The highest BCUT2D eigenvalue weighted by Crippen LogP contribution is 2.16. The van der Waals surface area contributed by atoms with Crippen LogP contribution in [0, 0.1) is 0 Å². The van der Waals surface area contributed by atoms with E-state index in [1.54, 1.807) is 72.8 Å². The molecule has 7 nitrogen and oxygen atoms in total.